The van der Waals surface area contributed by atoms with Crippen molar-refractivity contribution in [3.63, 3.8) is 0 Å². The Balaban J connectivity index is 2.15. The van der Waals surface area contributed by atoms with Crippen LogP contribution in [-0.4, -0.2) is 29.3 Å². The summed E-state index contributed by atoms with van der Waals surface area (Å²) in [6, 6.07) is 0. The molecule has 2 nitrogen and oxygen atoms in total. The maximum absolute atomic E-state index is 5.96. The normalized spacial score (nSPS) is 20.6. The second-order valence-electron chi connectivity index (χ2n) is 4.29. The highest BCUT2D eigenvalue weighted by Gasteiger charge is 2.33. The van der Waals surface area contributed by atoms with Gasteiger partial charge in [0, 0.05) is 4.43 Å². The van der Waals surface area contributed by atoms with Gasteiger partial charge < -0.3 is 9.47 Å². The molecule has 0 radical (unpaired) electrons. The predicted octanol–water partition coefficient (Wildman–Crippen LogP) is 3.18. The second kappa shape index (κ2) is 6.28. The molecule has 0 bridgehead atoms. The molecule has 14 heavy (non-hydrogen) atoms. The van der Waals surface area contributed by atoms with E-state index in [9.17, 15) is 0 Å². The minimum absolute atomic E-state index is 0.181. The molecule has 0 aliphatic heterocycles. The third kappa shape index (κ3) is 4.03. The monoisotopic (exact) mass is 312 g/mol. The molecular formula is C11H21IO2. The van der Waals surface area contributed by atoms with E-state index in [1.165, 1.54) is 25.7 Å². The van der Waals surface area contributed by atoms with Crippen molar-refractivity contribution in [3.8, 4) is 0 Å². The molecule has 0 aromatic heterocycles. The van der Waals surface area contributed by atoms with Gasteiger partial charge in [-0.2, -0.15) is 0 Å². The molecule has 0 aromatic rings. The summed E-state index contributed by atoms with van der Waals surface area (Å²) < 4.78 is 12.5. The first-order valence-electron chi connectivity index (χ1n) is 5.50. The molecule has 1 fully saturated rings. The zero-order valence-corrected chi connectivity index (χ0v) is 11.4. The van der Waals surface area contributed by atoms with Crippen LogP contribution in [0.2, 0.25) is 0 Å². The summed E-state index contributed by atoms with van der Waals surface area (Å²) in [5.74, 6) is 0. The lowest BCUT2D eigenvalue weighted by Gasteiger charge is -2.27. The van der Waals surface area contributed by atoms with Crippen LogP contribution >= 0.6 is 22.6 Å². The lowest BCUT2D eigenvalue weighted by molar-refractivity contribution is -0.0567. The molecular weight excluding hydrogens is 291 g/mol. The van der Waals surface area contributed by atoms with Gasteiger partial charge >= 0.3 is 0 Å². The lowest BCUT2D eigenvalue weighted by atomic mass is 10.1. The summed E-state index contributed by atoms with van der Waals surface area (Å²) in [5.41, 5.74) is 0.181. The molecule has 0 unspecified atom stereocenters. The highest BCUT2D eigenvalue weighted by molar-refractivity contribution is 14.1. The van der Waals surface area contributed by atoms with Crippen molar-refractivity contribution < 1.29 is 9.47 Å². The lowest BCUT2D eigenvalue weighted by Crippen LogP contribution is -2.32. The number of alkyl halides is 1. The predicted molar refractivity (Wildman–Crippen MR) is 67.1 cm³/mol. The van der Waals surface area contributed by atoms with Crippen LogP contribution in [-0.2, 0) is 9.47 Å². The van der Waals surface area contributed by atoms with Gasteiger partial charge in [-0.05, 0) is 26.7 Å². The number of ether oxygens (including phenoxy) is 2. The summed E-state index contributed by atoms with van der Waals surface area (Å²) in [6.07, 6.45) is 5.44. The molecule has 3 heteroatoms. The molecule has 0 amide bonds. The zero-order chi connectivity index (χ0) is 10.4. The molecule has 0 aromatic carbocycles. The van der Waals surface area contributed by atoms with Gasteiger partial charge in [0.1, 0.15) is 0 Å². The van der Waals surface area contributed by atoms with Crippen LogP contribution in [0.25, 0.3) is 0 Å². The third-order valence-corrected chi connectivity index (χ3v) is 4.09. The van der Waals surface area contributed by atoms with Crippen LogP contribution in [0.15, 0.2) is 0 Å². The number of hydrogen-bond donors (Lipinski definition) is 0. The molecule has 84 valence electrons. The maximum atomic E-state index is 5.96. The fraction of sp³-hybridized carbons (Fsp3) is 1.00. The van der Waals surface area contributed by atoms with Crippen LogP contribution in [0, 0.1) is 0 Å². The van der Waals surface area contributed by atoms with Crippen LogP contribution in [0.5, 0.6) is 0 Å². The standard InChI is InChI=1S/C11H21IO2/c1-10(2)13-7-8-14-11(9-12)5-3-4-6-11/h10H,3-9H2,1-2H3. The van der Waals surface area contributed by atoms with Crippen LogP contribution in [0.1, 0.15) is 39.5 Å². The van der Waals surface area contributed by atoms with Gasteiger partial charge in [0.15, 0.2) is 0 Å². The Labute approximate surface area is 101 Å². The smallest absolute Gasteiger partial charge is 0.0772 e. The van der Waals surface area contributed by atoms with Gasteiger partial charge in [0.2, 0.25) is 0 Å². The molecule has 0 spiro atoms. The first kappa shape index (κ1) is 12.7. The maximum Gasteiger partial charge on any atom is 0.0772 e. The summed E-state index contributed by atoms with van der Waals surface area (Å²) in [7, 11) is 0. The fourth-order valence-electron chi connectivity index (χ4n) is 1.88. The Hall–Kier alpha value is 0.650. The van der Waals surface area contributed by atoms with Gasteiger partial charge in [-0.25, -0.2) is 0 Å². The van der Waals surface area contributed by atoms with Crippen molar-refractivity contribution in [2.45, 2.75) is 51.2 Å². The van der Waals surface area contributed by atoms with Crippen molar-refractivity contribution in [3.05, 3.63) is 0 Å². The third-order valence-electron chi connectivity index (χ3n) is 2.70. The molecule has 1 aliphatic rings. The van der Waals surface area contributed by atoms with E-state index in [-0.39, 0.29) is 5.60 Å². The quantitative estimate of drug-likeness (QED) is 0.426. The second-order valence-corrected chi connectivity index (χ2v) is 5.05. The molecule has 0 atom stereocenters. The molecule has 1 rings (SSSR count). The van der Waals surface area contributed by atoms with Gasteiger partial charge in [-0.15, -0.1) is 0 Å². The average molecular weight is 312 g/mol. The van der Waals surface area contributed by atoms with Gasteiger partial charge in [0.05, 0.1) is 24.9 Å². The summed E-state index contributed by atoms with van der Waals surface area (Å²) >= 11 is 2.44. The Kier molecular flexibility index (Phi) is 5.71. The van der Waals surface area contributed by atoms with Crippen molar-refractivity contribution in [2.75, 3.05) is 17.6 Å². The summed E-state index contributed by atoms with van der Waals surface area (Å²) in [4.78, 5) is 0. The van der Waals surface area contributed by atoms with E-state index >= 15 is 0 Å². The SMILES string of the molecule is CC(C)OCCOC1(CI)CCCC1. The highest BCUT2D eigenvalue weighted by atomic mass is 127. The Bertz CT molecular complexity index is 153. The Morgan fingerprint density at radius 2 is 1.86 bits per heavy atom. The van der Waals surface area contributed by atoms with Crippen LogP contribution < -0.4 is 0 Å². The summed E-state index contributed by atoms with van der Waals surface area (Å²) in [5, 5.41) is 0. The first-order chi connectivity index (χ1) is 6.68. The van der Waals surface area contributed by atoms with Crippen molar-refractivity contribution in [2.24, 2.45) is 0 Å². The number of rotatable bonds is 6. The number of hydrogen-bond acceptors (Lipinski definition) is 2. The summed E-state index contributed by atoms with van der Waals surface area (Å²) in [6.45, 7) is 5.60. The molecule has 1 saturated carbocycles. The van der Waals surface area contributed by atoms with E-state index in [1.54, 1.807) is 0 Å². The van der Waals surface area contributed by atoms with Gasteiger partial charge in [-0.1, -0.05) is 35.4 Å². The topological polar surface area (TPSA) is 18.5 Å². The van der Waals surface area contributed by atoms with Crippen molar-refractivity contribution in [1.82, 2.24) is 0 Å². The van der Waals surface area contributed by atoms with E-state index in [2.05, 4.69) is 36.4 Å². The molecule has 1 aliphatic carbocycles. The van der Waals surface area contributed by atoms with E-state index in [0.29, 0.717) is 6.10 Å². The Morgan fingerprint density at radius 3 is 2.36 bits per heavy atom. The largest absolute Gasteiger partial charge is 0.376 e. The molecule has 0 N–H and O–H groups in total. The first-order valence-corrected chi connectivity index (χ1v) is 7.03. The average Bonchev–Trinajstić information content (AvgIpc) is 2.62. The van der Waals surface area contributed by atoms with Crippen LogP contribution in [0.4, 0.5) is 0 Å². The van der Waals surface area contributed by atoms with Crippen molar-refractivity contribution >= 4 is 22.6 Å². The Morgan fingerprint density at radius 1 is 1.21 bits per heavy atom. The van der Waals surface area contributed by atoms with E-state index in [0.717, 1.165) is 17.6 Å². The highest BCUT2D eigenvalue weighted by Crippen LogP contribution is 2.34. The zero-order valence-electron chi connectivity index (χ0n) is 9.22. The fourth-order valence-corrected chi connectivity index (χ4v) is 2.86. The van der Waals surface area contributed by atoms with E-state index < -0.39 is 0 Å². The minimum Gasteiger partial charge on any atom is -0.376 e. The molecule has 0 saturated heterocycles. The minimum atomic E-state index is 0.181. The van der Waals surface area contributed by atoms with E-state index in [4.69, 9.17) is 9.47 Å². The van der Waals surface area contributed by atoms with Gasteiger partial charge in [-0.3, -0.25) is 0 Å². The van der Waals surface area contributed by atoms with Gasteiger partial charge in [0.25, 0.3) is 0 Å². The molecule has 0 heterocycles. The van der Waals surface area contributed by atoms with Crippen molar-refractivity contribution in [1.29, 1.82) is 0 Å². The van der Waals surface area contributed by atoms with Crippen LogP contribution in [0.3, 0.4) is 0 Å². The number of halogens is 1. The van der Waals surface area contributed by atoms with E-state index in [1.807, 2.05) is 0 Å².